The van der Waals surface area contributed by atoms with Crippen LogP contribution in [-0.4, -0.2) is 86.9 Å². The summed E-state index contributed by atoms with van der Waals surface area (Å²) in [6.45, 7) is 4.99. The molecule has 0 saturated carbocycles. The minimum atomic E-state index is -3.70. The summed E-state index contributed by atoms with van der Waals surface area (Å²) in [5.41, 5.74) is 0.333. The quantitative estimate of drug-likeness (QED) is 0.643. The molecular formula is C16H26N4O6S2. The number of amides is 1. The van der Waals surface area contributed by atoms with Crippen LogP contribution in [0.3, 0.4) is 0 Å². The van der Waals surface area contributed by atoms with E-state index in [0.29, 0.717) is 44.7 Å². The summed E-state index contributed by atoms with van der Waals surface area (Å²) in [4.78, 5) is 14.6. The first-order valence-corrected chi connectivity index (χ1v) is 12.5. The smallest absolute Gasteiger partial charge is 0.248 e. The molecule has 1 aromatic heterocycles. The van der Waals surface area contributed by atoms with E-state index in [4.69, 9.17) is 4.52 Å². The van der Waals surface area contributed by atoms with Crippen molar-refractivity contribution in [2.45, 2.75) is 31.6 Å². The number of carbonyl (C=O) groups is 1. The predicted octanol–water partition coefficient (Wildman–Crippen LogP) is -0.204. The standard InChI is InChI=1S/C16H26N4O6S2/c1-12-15(13(2)26-17-12)28(24,25)20-6-4-14(5-7-20)16(21)18-8-10-19(11-9-18)27(3,22)23/h14H,4-11H2,1-3H3. The topological polar surface area (TPSA) is 121 Å². The van der Waals surface area contributed by atoms with E-state index < -0.39 is 20.0 Å². The molecule has 2 aliphatic heterocycles. The fourth-order valence-electron chi connectivity index (χ4n) is 3.81. The fraction of sp³-hybridized carbons (Fsp3) is 0.750. The first-order valence-electron chi connectivity index (χ1n) is 9.18. The van der Waals surface area contributed by atoms with Gasteiger partial charge in [0.15, 0.2) is 5.76 Å². The van der Waals surface area contributed by atoms with E-state index in [-0.39, 0.29) is 35.6 Å². The largest absolute Gasteiger partial charge is 0.360 e. The van der Waals surface area contributed by atoms with Crippen LogP contribution in [-0.2, 0) is 24.8 Å². The Kier molecular flexibility index (Phi) is 5.86. The van der Waals surface area contributed by atoms with E-state index in [1.165, 1.54) is 14.9 Å². The van der Waals surface area contributed by atoms with Crippen LogP contribution in [0.5, 0.6) is 0 Å². The number of hydrogen-bond donors (Lipinski definition) is 0. The minimum Gasteiger partial charge on any atom is -0.360 e. The molecule has 158 valence electrons. The van der Waals surface area contributed by atoms with Crippen LogP contribution in [0.4, 0.5) is 0 Å². The van der Waals surface area contributed by atoms with Crippen molar-refractivity contribution in [1.82, 2.24) is 18.7 Å². The number of piperazine rings is 1. The SMILES string of the molecule is Cc1noc(C)c1S(=O)(=O)N1CCC(C(=O)N2CCN(S(C)(=O)=O)CC2)CC1. The maximum absolute atomic E-state index is 12.9. The molecule has 12 heteroatoms. The van der Waals surface area contributed by atoms with Crippen molar-refractivity contribution in [1.29, 1.82) is 0 Å². The highest BCUT2D eigenvalue weighted by Crippen LogP contribution is 2.28. The Morgan fingerprint density at radius 2 is 1.54 bits per heavy atom. The normalized spacial score (nSPS) is 21.2. The average molecular weight is 435 g/mol. The fourth-order valence-corrected chi connectivity index (χ4v) is 6.40. The third kappa shape index (κ3) is 4.09. The van der Waals surface area contributed by atoms with Crippen LogP contribution in [0.25, 0.3) is 0 Å². The van der Waals surface area contributed by atoms with Crippen LogP contribution in [0.15, 0.2) is 9.42 Å². The molecule has 0 radical (unpaired) electrons. The van der Waals surface area contributed by atoms with Gasteiger partial charge in [0.25, 0.3) is 0 Å². The lowest BCUT2D eigenvalue weighted by atomic mass is 9.96. The maximum Gasteiger partial charge on any atom is 0.248 e. The third-order valence-corrected chi connectivity index (χ3v) is 8.84. The number of hydrogen-bond acceptors (Lipinski definition) is 7. The second-order valence-electron chi connectivity index (χ2n) is 7.32. The van der Waals surface area contributed by atoms with Crippen molar-refractivity contribution in [2.24, 2.45) is 5.92 Å². The number of nitrogens with zero attached hydrogens (tertiary/aromatic N) is 4. The summed E-state index contributed by atoms with van der Waals surface area (Å²) in [6.07, 6.45) is 2.04. The van der Waals surface area contributed by atoms with Crippen molar-refractivity contribution < 1.29 is 26.2 Å². The first-order chi connectivity index (χ1) is 13.0. The van der Waals surface area contributed by atoms with Crippen LogP contribution < -0.4 is 0 Å². The zero-order valence-electron chi connectivity index (χ0n) is 16.3. The Morgan fingerprint density at radius 3 is 2.00 bits per heavy atom. The van der Waals surface area contributed by atoms with Gasteiger partial charge in [0, 0.05) is 45.2 Å². The molecule has 10 nitrogen and oxygen atoms in total. The average Bonchev–Trinajstić information content (AvgIpc) is 2.99. The molecular weight excluding hydrogens is 408 g/mol. The van der Waals surface area contributed by atoms with Gasteiger partial charge in [-0.05, 0) is 26.7 Å². The lowest BCUT2D eigenvalue weighted by molar-refractivity contribution is -0.137. The molecule has 0 aromatic carbocycles. The molecule has 28 heavy (non-hydrogen) atoms. The third-order valence-electron chi connectivity index (χ3n) is 5.39. The van der Waals surface area contributed by atoms with E-state index in [9.17, 15) is 21.6 Å². The zero-order valence-corrected chi connectivity index (χ0v) is 17.9. The highest BCUT2D eigenvalue weighted by molar-refractivity contribution is 7.89. The van der Waals surface area contributed by atoms with Crippen LogP contribution >= 0.6 is 0 Å². The molecule has 0 unspecified atom stereocenters. The minimum absolute atomic E-state index is 0.0254. The van der Waals surface area contributed by atoms with Crippen molar-refractivity contribution in [3.63, 3.8) is 0 Å². The molecule has 3 rings (SSSR count). The van der Waals surface area contributed by atoms with Gasteiger partial charge in [-0.2, -0.15) is 8.61 Å². The molecule has 0 aliphatic carbocycles. The zero-order chi connectivity index (χ0) is 20.7. The van der Waals surface area contributed by atoms with E-state index in [1.54, 1.807) is 18.7 Å². The molecule has 0 spiro atoms. The lowest BCUT2D eigenvalue weighted by Gasteiger charge is -2.37. The van der Waals surface area contributed by atoms with Crippen LogP contribution in [0.1, 0.15) is 24.3 Å². The van der Waals surface area contributed by atoms with Crippen molar-refractivity contribution >= 4 is 26.0 Å². The summed E-state index contributed by atoms with van der Waals surface area (Å²) < 4.78 is 56.6. The number of aryl methyl sites for hydroxylation is 2. The maximum atomic E-state index is 12.9. The van der Waals surface area contributed by atoms with Gasteiger partial charge in [-0.15, -0.1) is 0 Å². The first kappa shape index (κ1) is 21.2. The molecule has 2 fully saturated rings. The summed E-state index contributed by atoms with van der Waals surface area (Å²) in [7, 11) is -6.94. The van der Waals surface area contributed by atoms with Crippen molar-refractivity contribution in [3.05, 3.63) is 11.5 Å². The second kappa shape index (κ2) is 7.73. The van der Waals surface area contributed by atoms with E-state index in [1.807, 2.05) is 0 Å². The summed E-state index contributed by atoms with van der Waals surface area (Å²) in [5.74, 6) is -0.0112. The number of piperidine rings is 1. The molecule has 1 amide bonds. The molecule has 3 heterocycles. The highest BCUT2D eigenvalue weighted by atomic mass is 32.2. The Labute approximate surface area is 165 Å². The van der Waals surface area contributed by atoms with Gasteiger partial charge in [0.2, 0.25) is 26.0 Å². The lowest BCUT2D eigenvalue weighted by Crippen LogP contribution is -2.52. The molecule has 1 aromatic rings. The molecule has 0 N–H and O–H groups in total. The Bertz CT molecular complexity index is 920. The molecule has 2 aliphatic rings. The summed E-state index contributed by atoms with van der Waals surface area (Å²) >= 11 is 0. The summed E-state index contributed by atoms with van der Waals surface area (Å²) in [5, 5.41) is 3.72. The van der Waals surface area contributed by atoms with Gasteiger partial charge in [-0.3, -0.25) is 4.79 Å². The highest BCUT2D eigenvalue weighted by Gasteiger charge is 2.37. The second-order valence-corrected chi connectivity index (χ2v) is 11.2. The van der Waals surface area contributed by atoms with E-state index >= 15 is 0 Å². The number of sulfonamides is 2. The van der Waals surface area contributed by atoms with Gasteiger partial charge in [0.1, 0.15) is 10.6 Å². The van der Waals surface area contributed by atoms with Gasteiger partial charge in [-0.1, -0.05) is 5.16 Å². The number of aromatic nitrogens is 1. The van der Waals surface area contributed by atoms with Crippen LogP contribution in [0, 0.1) is 19.8 Å². The molecule has 0 atom stereocenters. The van der Waals surface area contributed by atoms with Crippen LogP contribution in [0.2, 0.25) is 0 Å². The predicted molar refractivity (Wildman–Crippen MR) is 100 cm³/mol. The number of carbonyl (C=O) groups excluding carboxylic acids is 1. The van der Waals surface area contributed by atoms with Gasteiger partial charge in [0.05, 0.1) is 6.26 Å². The monoisotopic (exact) mass is 434 g/mol. The van der Waals surface area contributed by atoms with E-state index in [2.05, 4.69) is 5.16 Å². The Hall–Kier alpha value is -1.50. The Balaban J connectivity index is 1.59. The van der Waals surface area contributed by atoms with E-state index in [0.717, 1.165) is 0 Å². The van der Waals surface area contributed by atoms with Crippen molar-refractivity contribution in [3.8, 4) is 0 Å². The Morgan fingerprint density at radius 1 is 0.964 bits per heavy atom. The number of rotatable bonds is 4. The summed E-state index contributed by atoms with van der Waals surface area (Å²) in [6, 6.07) is 0. The van der Waals surface area contributed by atoms with Gasteiger partial charge in [-0.25, -0.2) is 16.8 Å². The van der Waals surface area contributed by atoms with Gasteiger partial charge >= 0.3 is 0 Å². The molecule has 0 bridgehead atoms. The van der Waals surface area contributed by atoms with Gasteiger partial charge < -0.3 is 9.42 Å². The molecule has 2 saturated heterocycles. The van der Waals surface area contributed by atoms with Crippen molar-refractivity contribution in [2.75, 3.05) is 45.5 Å².